The summed E-state index contributed by atoms with van der Waals surface area (Å²) in [6.45, 7) is 0.602. The Morgan fingerprint density at radius 2 is 2.21 bits per heavy atom. The topological polar surface area (TPSA) is 41.5 Å². The Hall–Kier alpha value is -0.330. The van der Waals surface area contributed by atoms with E-state index in [0.29, 0.717) is 13.0 Å². The van der Waals surface area contributed by atoms with Crippen LogP contribution in [0.25, 0.3) is 0 Å². The van der Waals surface area contributed by atoms with Crippen molar-refractivity contribution >= 4 is 0 Å². The van der Waals surface area contributed by atoms with Crippen molar-refractivity contribution in [1.82, 2.24) is 5.32 Å². The summed E-state index contributed by atoms with van der Waals surface area (Å²) in [6.07, 6.45) is -4.25. The number of rotatable bonds is 3. The number of hydrogen-bond acceptors (Lipinski definition) is 3. The van der Waals surface area contributed by atoms with Gasteiger partial charge in [0.1, 0.15) is 0 Å². The van der Waals surface area contributed by atoms with E-state index in [1.807, 2.05) is 0 Å². The van der Waals surface area contributed by atoms with Gasteiger partial charge in [-0.1, -0.05) is 0 Å². The van der Waals surface area contributed by atoms with Crippen molar-refractivity contribution in [2.24, 2.45) is 0 Å². The van der Waals surface area contributed by atoms with E-state index in [1.165, 1.54) is 0 Å². The summed E-state index contributed by atoms with van der Waals surface area (Å²) in [5, 5.41) is 11.4. The second-order valence-corrected chi connectivity index (χ2v) is 3.55. The summed E-state index contributed by atoms with van der Waals surface area (Å²) in [5.74, 6) is 0. The Morgan fingerprint density at radius 3 is 2.57 bits per heavy atom. The van der Waals surface area contributed by atoms with Crippen LogP contribution in [0.15, 0.2) is 0 Å². The van der Waals surface area contributed by atoms with E-state index in [2.05, 4.69) is 5.32 Å². The highest BCUT2D eigenvalue weighted by atomic mass is 19.4. The van der Waals surface area contributed by atoms with E-state index in [-0.39, 0.29) is 6.61 Å². The fourth-order valence-electron chi connectivity index (χ4n) is 1.55. The van der Waals surface area contributed by atoms with Gasteiger partial charge in [-0.25, -0.2) is 0 Å². The zero-order valence-electron chi connectivity index (χ0n) is 7.90. The Morgan fingerprint density at radius 1 is 1.57 bits per heavy atom. The van der Waals surface area contributed by atoms with Gasteiger partial charge in [0.05, 0.1) is 24.8 Å². The number of aliphatic hydroxyl groups is 1. The molecule has 14 heavy (non-hydrogen) atoms. The highest BCUT2D eigenvalue weighted by molar-refractivity contribution is 4.97. The van der Waals surface area contributed by atoms with Crippen LogP contribution in [0.5, 0.6) is 0 Å². The van der Waals surface area contributed by atoms with Crippen molar-refractivity contribution in [2.45, 2.75) is 31.2 Å². The first-order chi connectivity index (χ1) is 6.40. The summed E-state index contributed by atoms with van der Waals surface area (Å²) < 4.78 is 41.0. The number of halogens is 3. The van der Waals surface area contributed by atoms with Crippen LogP contribution in [-0.2, 0) is 4.74 Å². The van der Waals surface area contributed by atoms with Gasteiger partial charge in [-0.15, -0.1) is 0 Å². The molecule has 0 radical (unpaired) electrons. The average Bonchev–Trinajstić information content (AvgIpc) is 2.43. The molecule has 2 N–H and O–H groups in total. The molecular formula is C8H14F3NO2. The number of nitrogens with one attached hydrogen (secondary N) is 1. The van der Waals surface area contributed by atoms with Crippen LogP contribution in [-0.4, -0.2) is 42.7 Å². The van der Waals surface area contributed by atoms with Crippen molar-refractivity contribution in [1.29, 1.82) is 0 Å². The minimum atomic E-state index is -4.26. The third-order valence-corrected chi connectivity index (χ3v) is 2.62. The first-order valence-electron chi connectivity index (χ1n) is 4.44. The van der Waals surface area contributed by atoms with Crippen molar-refractivity contribution in [3.8, 4) is 0 Å². The number of hydrogen-bond donors (Lipinski definition) is 2. The Kier molecular flexibility index (Phi) is 3.39. The molecule has 0 bridgehead atoms. The van der Waals surface area contributed by atoms with Crippen LogP contribution in [0.2, 0.25) is 0 Å². The third-order valence-electron chi connectivity index (χ3n) is 2.62. The van der Waals surface area contributed by atoms with E-state index in [0.717, 1.165) is 0 Å². The molecule has 0 amide bonds. The summed E-state index contributed by atoms with van der Waals surface area (Å²) in [6, 6.07) is 0. The normalized spacial score (nSPS) is 33.6. The summed E-state index contributed by atoms with van der Waals surface area (Å²) >= 11 is 0. The molecule has 0 aromatic heterocycles. The van der Waals surface area contributed by atoms with Crippen molar-refractivity contribution < 1.29 is 23.0 Å². The molecule has 1 heterocycles. The van der Waals surface area contributed by atoms with E-state index >= 15 is 0 Å². The highest BCUT2D eigenvalue weighted by Crippen LogP contribution is 2.26. The molecule has 0 aromatic rings. The minimum Gasteiger partial charge on any atom is -0.394 e. The molecule has 1 saturated heterocycles. The molecule has 0 aromatic carbocycles. The predicted molar refractivity (Wildman–Crippen MR) is 43.9 cm³/mol. The van der Waals surface area contributed by atoms with Crippen molar-refractivity contribution in [3.63, 3.8) is 0 Å². The van der Waals surface area contributed by atoms with Gasteiger partial charge in [0, 0.05) is 6.61 Å². The molecule has 1 rings (SSSR count). The molecule has 0 aliphatic carbocycles. The Bertz CT molecular complexity index is 198. The number of alkyl halides is 3. The minimum absolute atomic E-state index is 0.343. The van der Waals surface area contributed by atoms with Gasteiger partial charge in [0.15, 0.2) is 0 Å². The summed E-state index contributed by atoms with van der Waals surface area (Å²) in [4.78, 5) is 0. The fourth-order valence-corrected chi connectivity index (χ4v) is 1.55. The maximum Gasteiger partial charge on any atom is 0.401 e. The molecule has 1 aliphatic rings. The van der Waals surface area contributed by atoms with Gasteiger partial charge < -0.3 is 9.84 Å². The first kappa shape index (κ1) is 11.7. The number of ether oxygens (including phenoxy) is 1. The Balaban J connectivity index is 2.54. The molecule has 84 valence electrons. The SMILES string of the molecule is CC1OCCC1(CO)NCC(F)(F)F. The molecule has 0 saturated carbocycles. The van der Waals surface area contributed by atoms with Crippen LogP contribution in [0.4, 0.5) is 13.2 Å². The molecule has 2 unspecified atom stereocenters. The molecule has 6 heteroatoms. The van der Waals surface area contributed by atoms with Gasteiger partial charge in [0.25, 0.3) is 0 Å². The lowest BCUT2D eigenvalue weighted by Gasteiger charge is -2.31. The van der Waals surface area contributed by atoms with Gasteiger partial charge in [0.2, 0.25) is 0 Å². The fraction of sp³-hybridized carbons (Fsp3) is 1.00. The Labute approximate surface area is 80.2 Å². The standard InChI is InChI=1S/C8H14F3NO2/c1-6-7(5-13,2-3-14-6)12-4-8(9,10)11/h6,12-13H,2-5H2,1H3. The van der Waals surface area contributed by atoms with E-state index in [9.17, 15) is 13.2 Å². The summed E-state index contributed by atoms with van der Waals surface area (Å²) in [7, 11) is 0. The predicted octanol–water partition coefficient (Wildman–Crippen LogP) is 0.678. The largest absolute Gasteiger partial charge is 0.401 e. The molecule has 3 nitrogen and oxygen atoms in total. The van der Waals surface area contributed by atoms with Crippen LogP contribution in [0, 0.1) is 0 Å². The van der Waals surface area contributed by atoms with Gasteiger partial charge in [-0.05, 0) is 13.3 Å². The highest BCUT2D eigenvalue weighted by Gasteiger charge is 2.43. The van der Waals surface area contributed by atoms with E-state index < -0.39 is 24.4 Å². The van der Waals surface area contributed by atoms with Crippen molar-refractivity contribution in [2.75, 3.05) is 19.8 Å². The lowest BCUT2D eigenvalue weighted by atomic mass is 9.93. The molecule has 0 spiro atoms. The van der Waals surface area contributed by atoms with Gasteiger partial charge >= 0.3 is 6.18 Å². The van der Waals surface area contributed by atoms with E-state index in [1.54, 1.807) is 6.92 Å². The molecule has 1 fully saturated rings. The van der Waals surface area contributed by atoms with E-state index in [4.69, 9.17) is 9.84 Å². The maximum absolute atomic E-state index is 12.0. The average molecular weight is 213 g/mol. The van der Waals surface area contributed by atoms with Crippen LogP contribution in [0.3, 0.4) is 0 Å². The van der Waals surface area contributed by atoms with Crippen LogP contribution in [0.1, 0.15) is 13.3 Å². The smallest absolute Gasteiger partial charge is 0.394 e. The zero-order chi connectivity index (χ0) is 10.8. The summed E-state index contributed by atoms with van der Waals surface area (Å²) in [5.41, 5.74) is -0.935. The van der Waals surface area contributed by atoms with Crippen LogP contribution >= 0.6 is 0 Å². The lowest BCUT2D eigenvalue weighted by Crippen LogP contribution is -2.56. The second kappa shape index (κ2) is 4.04. The zero-order valence-corrected chi connectivity index (χ0v) is 7.90. The maximum atomic E-state index is 12.0. The third kappa shape index (κ3) is 2.59. The molecule has 2 atom stereocenters. The number of aliphatic hydroxyl groups excluding tert-OH is 1. The second-order valence-electron chi connectivity index (χ2n) is 3.55. The van der Waals surface area contributed by atoms with Crippen molar-refractivity contribution in [3.05, 3.63) is 0 Å². The van der Waals surface area contributed by atoms with Gasteiger partial charge in [-0.2, -0.15) is 13.2 Å². The van der Waals surface area contributed by atoms with Gasteiger partial charge in [-0.3, -0.25) is 5.32 Å². The van der Waals surface area contributed by atoms with Crippen LogP contribution < -0.4 is 5.32 Å². The quantitative estimate of drug-likeness (QED) is 0.724. The lowest BCUT2D eigenvalue weighted by molar-refractivity contribution is -0.131. The first-order valence-corrected chi connectivity index (χ1v) is 4.44. The monoisotopic (exact) mass is 213 g/mol. The molecular weight excluding hydrogens is 199 g/mol. The molecule has 1 aliphatic heterocycles.